The molecule has 0 aliphatic rings. The Morgan fingerprint density at radius 2 is 1.74 bits per heavy atom. The predicted molar refractivity (Wildman–Crippen MR) is 110 cm³/mol. The molecule has 1 atom stereocenters. The van der Waals surface area contributed by atoms with Crippen LogP contribution in [0.2, 0.25) is 18.1 Å². The second-order valence-electron chi connectivity index (χ2n) is 7.85. The van der Waals surface area contributed by atoms with Gasteiger partial charge in [0.25, 0.3) is 0 Å². The smallest absolute Gasteiger partial charge is 0.203 e. The molecule has 0 aromatic heterocycles. The average Bonchev–Trinajstić information content (AvgIpc) is 2.61. The molecule has 150 valence electrons. The van der Waals surface area contributed by atoms with Crippen LogP contribution in [0.25, 0.3) is 0 Å². The van der Waals surface area contributed by atoms with E-state index in [0.29, 0.717) is 30.1 Å². The van der Waals surface area contributed by atoms with Crippen LogP contribution in [-0.4, -0.2) is 35.9 Å². The van der Waals surface area contributed by atoms with E-state index in [0.717, 1.165) is 17.4 Å². The number of hydrogen-bond donors (Lipinski definition) is 0. The first kappa shape index (κ1) is 23.1. The van der Waals surface area contributed by atoms with Crippen LogP contribution in [0.5, 0.6) is 17.2 Å². The van der Waals surface area contributed by atoms with Gasteiger partial charge in [-0.1, -0.05) is 26.7 Å². The highest BCUT2D eigenvalue weighted by Gasteiger charge is 2.40. The molecule has 0 heterocycles. The van der Waals surface area contributed by atoms with E-state index < -0.39 is 14.4 Å². The van der Waals surface area contributed by atoms with E-state index in [1.54, 1.807) is 21.3 Å². The van der Waals surface area contributed by atoms with Gasteiger partial charge < -0.3 is 23.4 Å². The second kappa shape index (κ2) is 9.29. The largest absolute Gasteiger partial charge is 0.493 e. The second-order valence-corrected chi connectivity index (χ2v) is 12.6. The van der Waals surface area contributed by atoms with Crippen LogP contribution in [-0.2, 0) is 15.6 Å². The lowest BCUT2D eigenvalue weighted by Gasteiger charge is -2.38. The average molecular weight is 393 g/mol. The maximum absolute atomic E-state index is 11.0. The van der Waals surface area contributed by atoms with Crippen molar-refractivity contribution in [1.29, 1.82) is 0 Å². The molecule has 0 fully saturated rings. The minimum absolute atomic E-state index is 0.00511. The molecule has 0 saturated heterocycles. The molecule has 1 unspecified atom stereocenters. The van der Waals surface area contributed by atoms with E-state index in [-0.39, 0.29) is 5.04 Å². The van der Waals surface area contributed by atoms with Crippen LogP contribution in [0.15, 0.2) is 6.07 Å². The summed E-state index contributed by atoms with van der Waals surface area (Å²) in [6.45, 7) is 10.8. The highest BCUT2D eigenvalue weighted by Crippen LogP contribution is 2.47. The van der Waals surface area contributed by atoms with E-state index in [4.69, 9.17) is 25.1 Å². The van der Waals surface area contributed by atoms with Crippen molar-refractivity contribution in [2.75, 3.05) is 21.3 Å². The van der Waals surface area contributed by atoms with E-state index in [9.17, 15) is 4.79 Å². The molecule has 1 aromatic carbocycles. The first-order chi connectivity index (χ1) is 12.6. The van der Waals surface area contributed by atoms with Gasteiger partial charge >= 0.3 is 0 Å². The maximum atomic E-state index is 11.0. The van der Waals surface area contributed by atoms with Crippen molar-refractivity contribution in [3.63, 3.8) is 0 Å². The summed E-state index contributed by atoms with van der Waals surface area (Å²) in [4.78, 5) is 11.0. The Labute approximate surface area is 164 Å². The molecule has 0 aliphatic carbocycles. The van der Waals surface area contributed by atoms with Crippen molar-refractivity contribution < 1.29 is 23.4 Å². The fraction of sp³-hybridized carbons (Fsp3) is 0.571. The van der Waals surface area contributed by atoms with Gasteiger partial charge in [-0.15, -0.1) is 6.42 Å². The summed E-state index contributed by atoms with van der Waals surface area (Å²) in [6.07, 6.45) is 7.03. The van der Waals surface area contributed by atoms with Crippen LogP contribution in [0.4, 0.5) is 0 Å². The number of aldehydes is 1. The van der Waals surface area contributed by atoms with Crippen molar-refractivity contribution >= 4 is 14.6 Å². The molecule has 27 heavy (non-hydrogen) atoms. The number of carbonyl (C=O) groups is 1. The Bertz CT molecular complexity index is 698. The Balaban J connectivity index is 3.65. The highest BCUT2D eigenvalue weighted by atomic mass is 28.4. The third kappa shape index (κ3) is 5.05. The third-order valence-electron chi connectivity index (χ3n) is 5.12. The number of hydrogen-bond acceptors (Lipinski definition) is 5. The summed E-state index contributed by atoms with van der Waals surface area (Å²) in [5.41, 5.74) is 1.59. The molecule has 0 saturated carbocycles. The summed E-state index contributed by atoms with van der Waals surface area (Å²) in [7, 11) is 2.52. The van der Waals surface area contributed by atoms with Crippen LogP contribution in [0.1, 0.15) is 44.4 Å². The molecule has 1 aromatic rings. The summed E-state index contributed by atoms with van der Waals surface area (Å²) in [5.74, 6) is 4.25. The monoisotopic (exact) mass is 392 g/mol. The molecule has 0 aliphatic heterocycles. The molecule has 0 radical (unpaired) electrons. The number of benzene rings is 1. The topological polar surface area (TPSA) is 54.0 Å². The summed E-state index contributed by atoms with van der Waals surface area (Å²) >= 11 is 0. The van der Waals surface area contributed by atoms with Crippen LogP contribution < -0.4 is 14.2 Å². The Kier molecular flexibility index (Phi) is 7.94. The summed E-state index contributed by atoms with van der Waals surface area (Å²) in [5, 5.41) is -0.00511. The zero-order valence-corrected chi connectivity index (χ0v) is 18.8. The number of aryl methyl sites for hydroxylation is 1. The first-order valence-corrected chi connectivity index (χ1v) is 11.9. The van der Waals surface area contributed by atoms with E-state index in [1.807, 2.05) is 6.07 Å². The van der Waals surface area contributed by atoms with Gasteiger partial charge in [0.1, 0.15) is 12.4 Å². The maximum Gasteiger partial charge on any atom is 0.203 e. The Morgan fingerprint density at radius 1 is 1.15 bits per heavy atom. The van der Waals surface area contributed by atoms with Crippen LogP contribution >= 0.6 is 0 Å². The molecule has 0 amide bonds. The van der Waals surface area contributed by atoms with Gasteiger partial charge in [-0.05, 0) is 36.2 Å². The van der Waals surface area contributed by atoms with Gasteiger partial charge in [-0.25, -0.2) is 0 Å². The molecule has 5 nitrogen and oxygen atoms in total. The van der Waals surface area contributed by atoms with E-state index >= 15 is 0 Å². The lowest BCUT2D eigenvalue weighted by atomic mass is 9.96. The lowest BCUT2D eigenvalue weighted by Crippen LogP contribution is -2.41. The fourth-order valence-electron chi connectivity index (χ4n) is 2.59. The Morgan fingerprint density at radius 3 is 2.15 bits per heavy atom. The lowest BCUT2D eigenvalue weighted by molar-refractivity contribution is -0.107. The number of carbonyl (C=O) groups excluding carboxylic acids is 1. The standard InChI is InChI=1S/C21H32O5Si/c1-10-16(26-27(8,9)21(2,3)4)18-15(12-11-13-22)14-17(23-5)19(24-6)20(18)25-7/h1,13-14,16H,11-12H2,2-9H3. The van der Waals surface area contributed by atoms with Crippen LogP contribution in [0.3, 0.4) is 0 Å². The fourth-order valence-corrected chi connectivity index (χ4v) is 3.71. The first-order valence-electron chi connectivity index (χ1n) is 8.97. The van der Waals surface area contributed by atoms with Gasteiger partial charge in [0.15, 0.2) is 19.8 Å². The van der Waals surface area contributed by atoms with E-state index in [1.165, 1.54) is 0 Å². The summed E-state index contributed by atoms with van der Waals surface area (Å²) in [6, 6.07) is 1.85. The molecule has 0 bridgehead atoms. The van der Waals surface area contributed by atoms with Gasteiger partial charge in [0.2, 0.25) is 5.75 Å². The van der Waals surface area contributed by atoms with Gasteiger partial charge in [-0.3, -0.25) is 0 Å². The van der Waals surface area contributed by atoms with E-state index in [2.05, 4.69) is 39.8 Å². The molecular weight excluding hydrogens is 360 g/mol. The zero-order chi connectivity index (χ0) is 20.8. The van der Waals surface area contributed by atoms with Crippen molar-refractivity contribution in [1.82, 2.24) is 0 Å². The minimum atomic E-state index is -2.15. The number of rotatable bonds is 9. The Hall–Kier alpha value is -1.97. The SMILES string of the molecule is C#CC(O[Si](C)(C)C(C)(C)C)c1c(CCC=O)cc(OC)c(OC)c1OC. The molecule has 6 heteroatoms. The predicted octanol–water partition coefficient (Wildman–Crippen LogP) is 4.54. The summed E-state index contributed by atoms with van der Waals surface area (Å²) < 4.78 is 23.1. The number of ether oxygens (including phenoxy) is 3. The van der Waals surface area contributed by atoms with Gasteiger partial charge in [0.05, 0.1) is 21.3 Å². The van der Waals surface area contributed by atoms with Crippen molar-refractivity contribution in [3.05, 3.63) is 17.2 Å². The number of terminal acetylenes is 1. The van der Waals surface area contributed by atoms with Crippen molar-refractivity contribution in [3.8, 4) is 29.6 Å². The normalized spacial score (nSPS) is 12.9. The minimum Gasteiger partial charge on any atom is -0.493 e. The van der Waals surface area contributed by atoms with Gasteiger partial charge in [-0.2, -0.15) is 0 Å². The van der Waals surface area contributed by atoms with Crippen molar-refractivity contribution in [2.24, 2.45) is 0 Å². The third-order valence-corrected chi connectivity index (χ3v) is 9.56. The van der Waals surface area contributed by atoms with Crippen molar-refractivity contribution in [2.45, 2.75) is 57.8 Å². The molecule has 0 N–H and O–H groups in total. The zero-order valence-electron chi connectivity index (χ0n) is 17.8. The quantitative estimate of drug-likeness (QED) is 0.351. The molecule has 0 spiro atoms. The van der Waals surface area contributed by atoms with Crippen LogP contribution in [0, 0.1) is 12.3 Å². The van der Waals surface area contributed by atoms with Gasteiger partial charge in [0, 0.05) is 12.0 Å². The molecule has 1 rings (SSSR count). The highest BCUT2D eigenvalue weighted by molar-refractivity contribution is 6.74. The number of methoxy groups -OCH3 is 3. The molecular formula is C21H32O5Si.